The standard InChI is InChI=1S/C25H23NOS2/c1-3-27-25(28)29-18-22-16-10-11-19(2)24(22)26-17-23(20-12-6-4-7-13-20)21-14-8-5-9-15-21/h4-16H,3,18H2,1-2H3. The second-order valence-electron chi connectivity index (χ2n) is 6.38. The van der Waals surface area contributed by atoms with Crippen molar-refractivity contribution in [2.45, 2.75) is 19.6 Å². The van der Waals surface area contributed by atoms with Crippen LogP contribution in [0.25, 0.3) is 5.57 Å². The number of hydrogen-bond donors (Lipinski definition) is 0. The summed E-state index contributed by atoms with van der Waals surface area (Å²) in [6, 6.07) is 26.7. The van der Waals surface area contributed by atoms with Gasteiger partial charge >= 0.3 is 0 Å². The summed E-state index contributed by atoms with van der Waals surface area (Å²) >= 11 is 6.77. The predicted molar refractivity (Wildman–Crippen MR) is 129 cm³/mol. The summed E-state index contributed by atoms with van der Waals surface area (Å²) in [5.74, 6) is 4.05. The maximum atomic E-state index is 5.39. The lowest BCUT2D eigenvalue weighted by molar-refractivity contribution is 0.346. The van der Waals surface area contributed by atoms with Crippen molar-refractivity contribution in [2.24, 2.45) is 4.99 Å². The molecule has 0 heterocycles. The summed E-state index contributed by atoms with van der Waals surface area (Å²) in [5.41, 5.74) is 6.30. The van der Waals surface area contributed by atoms with Crippen LogP contribution >= 0.6 is 24.0 Å². The molecule has 0 atom stereocenters. The summed E-state index contributed by atoms with van der Waals surface area (Å²) in [6.07, 6.45) is 0. The fourth-order valence-corrected chi connectivity index (χ4v) is 3.91. The molecule has 29 heavy (non-hydrogen) atoms. The molecule has 146 valence electrons. The second-order valence-corrected chi connectivity index (χ2v) is 7.96. The molecule has 0 aliphatic rings. The van der Waals surface area contributed by atoms with E-state index in [1.165, 1.54) is 11.8 Å². The van der Waals surface area contributed by atoms with Gasteiger partial charge in [0.05, 0.1) is 17.9 Å². The maximum Gasteiger partial charge on any atom is 0.220 e. The van der Waals surface area contributed by atoms with Crippen molar-refractivity contribution < 1.29 is 4.74 Å². The first kappa shape index (κ1) is 21.1. The first-order valence-electron chi connectivity index (χ1n) is 9.51. The summed E-state index contributed by atoms with van der Waals surface area (Å²) in [5, 5.41) is 0. The number of para-hydroxylation sites is 1. The Labute approximate surface area is 182 Å². The smallest absolute Gasteiger partial charge is 0.220 e. The topological polar surface area (TPSA) is 21.6 Å². The number of benzene rings is 3. The van der Waals surface area contributed by atoms with E-state index in [0.717, 1.165) is 33.5 Å². The SMILES string of the molecule is CCOC(=S)SCc1cccc(C)c1N=C=C(c1ccccc1)c1ccccc1. The van der Waals surface area contributed by atoms with E-state index in [9.17, 15) is 0 Å². The number of hydrogen-bond acceptors (Lipinski definition) is 4. The number of thioether (sulfide) groups is 1. The molecular formula is C25H23NOS2. The second kappa shape index (κ2) is 10.8. The van der Waals surface area contributed by atoms with Crippen LogP contribution < -0.4 is 0 Å². The third-order valence-electron chi connectivity index (χ3n) is 4.33. The van der Waals surface area contributed by atoms with Crippen LogP contribution in [-0.2, 0) is 10.5 Å². The molecule has 0 saturated heterocycles. The highest BCUT2D eigenvalue weighted by molar-refractivity contribution is 8.22. The molecule has 0 bridgehead atoms. The van der Waals surface area contributed by atoms with Crippen LogP contribution in [0.2, 0.25) is 0 Å². The predicted octanol–water partition coefficient (Wildman–Crippen LogP) is 6.98. The van der Waals surface area contributed by atoms with E-state index < -0.39 is 0 Å². The van der Waals surface area contributed by atoms with Gasteiger partial charge in [0, 0.05) is 5.75 Å². The van der Waals surface area contributed by atoms with Gasteiger partial charge < -0.3 is 4.74 Å². The molecule has 3 rings (SSSR count). The van der Waals surface area contributed by atoms with Crippen molar-refractivity contribution >= 4 is 45.5 Å². The average molecular weight is 418 g/mol. The lowest BCUT2D eigenvalue weighted by Gasteiger charge is -2.09. The molecule has 0 aromatic heterocycles. The van der Waals surface area contributed by atoms with Crippen LogP contribution in [0.1, 0.15) is 29.2 Å². The molecule has 0 radical (unpaired) electrons. The van der Waals surface area contributed by atoms with E-state index >= 15 is 0 Å². The van der Waals surface area contributed by atoms with Gasteiger partial charge in [0.2, 0.25) is 4.38 Å². The van der Waals surface area contributed by atoms with Gasteiger partial charge in [-0.05, 0) is 54.2 Å². The number of aliphatic imine (C=N–C) groups is 1. The Morgan fingerprint density at radius 3 is 2.14 bits per heavy atom. The van der Waals surface area contributed by atoms with E-state index in [-0.39, 0.29) is 0 Å². The Bertz CT molecular complexity index is 982. The minimum absolute atomic E-state index is 0.564. The fraction of sp³-hybridized carbons (Fsp3) is 0.160. The minimum atomic E-state index is 0.564. The molecule has 2 nitrogen and oxygen atoms in total. The van der Waals surface area contributed by atoms with E-state index in [1.54, 1.807) is 0 Å². The van der Waals surface area contributed by atoms with Crippen molar-refractivity contribution in [1.82, 2.24) is 0 Å². The van der Waals surface area contributed by atoms with Crippen molar-refractivity contribution in [3.05, 3.63) is 101 Å². The van der Waals surface area contributed by atoms with E-state index in [0.29, 0.717) is 16.7 Å². The van der Waals surface area contributed by atoms with Crippen molar-refractivity contribution in [3.8, 4) is 0 Å². The van der Waals surface area contributed by atoms with Gasteiger partial charge in [-0.1, -0.05) is 90.6 Å². The number of rotatable bonds is 6. The largest absolute Gasteiger partial charge is 0.479 e. The first-order chi connectivity index (χ1) is 14.2. The van der Waals surface area contributed by atoms with Gasteiger partial charge in [-0.3, -0.25) is 0 Å². The minimum Gasteiger partial charge on any atom is -0.479 e. The molecule has 4 heteroatoms. The highest BCUT2D eigenvalue weighted by Crippen LogP contribution is 2.29. The van der Waals surface area contributed by atoms with Gasteiger partial charge in [-0.25, -0.2) is 4.99 Å². The molecular weight excluding hydrogens is 394 g/mol. The molecule has 0 fully saturated rings. The molecule has 0 aliphatic carbocycles. The summed E-state index contributed by atoms with van der Waals surface area (Å²) in [7, 11) is 0. The number of nitrogens with zero attached hydrogens (tertiary/aromatic N) is 1. The molecule has 0 aliphatic heterocycles. The van der Waals surface area contributed by atoms with Gasteiger partial charge in [-0.2, -0.15) is 0 Å². The monoisotopic (exact) mass is 417 g/mol. The molecule has 0 N–H and O–H groups in total. The van der Waals surface area contributed by atoms with Gasteiger partial charge in [0.25, 0.3) is 0 Å². The summed E-state index contributed by atoms with van der Waals surface area (Å²) in [4.78, 5) is 4.80. The summed E-state index contributed by atoms with van der Waals surface area (Å²) in [6.45, 7) is 4.60. The number of aryl methyl sites for hydroxylation is 1. The zero-order valence-corrected chi connectivity index (χ0v) is 18.2. The Kier molecular flexibility index (Phi) is 7.83. The van der Waals surface area contributed by atoms with Gasteiger partial charge in [0.1, 0.15) is 0 Å². The lowest BCUT2D eigenvalue weighted by atomic mass is 9.99. The summed E-state index contributed by atoms with van der Waals surface area (Å²) < 4.78 is 5.96. The normalized spacial score (nSPS) is 10.1. The zero-order chi connectivity index (χ0) is 20.5. The van der Waals surface area contributed by atoms with Crippen LogP contribution in [0.4, 0.5) is 5.69 Å². The van der Waals surface area contributed by atoms with Gasteiger partial charge in [-0.15, -0.1) is 0 Å². The molecule has 3 aromatic rings. The first-order valence-corrected chi connectivity index (χ1v) is 10.9. The lowest BCUT2D eigenvalue weighted by Crippen LogP contribution is -1.97. The van der Waals surface area contributed by atoms with Crippen molar-refractivity contribution in [1.29, 1.82) is 0 Å². The Balaban J connectivity index is 2.02. The number of ether oxygens (including phenoxy) is 1. The Morgan fingerprint density at radius 1 is 0.931 bits per heavy atom. The van der Waals surface area contributed by atoms with Crippen LogP contribution in [0.3, 0.4) is 0 Å². The quantitative estimate of drug-likeness (QED) is 0.319. The van der Waals surface area contributed by atoms with E-state index in [1.807, 2.05) is 49.4 Å². The van der Waals surface area contributed by atoms with Gasteiger partial charge in [0.15, 0.2) is 0 Å². The van der Waals surface area contributed by atoms with Crippen molar-refractivity contribution in [2.75, 3.05) is 6.61 Å². The van der Waals surface area contributed by atoms with E-state index in [2.05, 4.69) is 49.2 Å². The van der Waals surface area contributed by atoms with Crippen LogP contribution in [-0.4, -0.2) is 16.9 Å². The third kappa shape index (κ3) is 5.91. The maximum absolute atomic E-state index is 5.39. The van der Waals surface area contributed by atoms with E-state index in [4.69, 9.17) is 21.9 Å². The molecule has 0 amide bonds. The molecule has 0 saturated carbocycles. The Morgan fingerprint density at radius 2 is 1.55 bits per heavy atom. The van der Waals surface area contributed by atoms with Crippen LogP contribution in [0.15, 0.2) is 83.9 Å². The molecule has 3 aromatic carbocycles. The van der Waals surface area contributed by atoms with Crippen LogP contribution in [0, 0.1) is 6.92 Å². The van der Waals surface area contributed by atoms with Crippen molar-refractivity contribution in [3.63, 3.8) is 0 Å². The highest BCUT2D eigenvalue weighted by Gasteiger charge is 2.08. The highest BCUT2D eigenvalue weighted by atomic mass is 32.2. The van der Waals surface area contributed by atoms with Crippen LogP contribution in [0.5, 0.6) is 0 Å². The fourth-order valence-electron chi connectivity index (χ4n) is 2.91. The zero-order valence-electron chi connectivity index (χ0n) is 16.6. The molecule has 0 unspecified atom stereocenters. The average Bonchev–Trinajstić information content (AvgIpc) is 2.75. The molecule has 0 spiro atoms. The number of thiocarbonyl (C=S) groups is 1. The third-order valence-corrected chi connectivity index (χ3v) is 5.61. The Hall–Kier alpha value is -2.65.